The lowest BCUT2D eigenvalue weighted by molar-refractivity contribution is 0.105. The number of ether oxygens (including phenoxy) is 1. The lowest BCUT2D eigenvalue weighted by Crippen LogP contribution is -2.23. The molecule has 0 N–H and O–H groups in total. The Kier molecular flexibility index (Phi) is 9.89. The molecule has 2 aromatic carbocycles. The highest BCUT2D eigenvalue weighted by Gasteiger charge is 2.03. The van der Waals surface area contributed by atoms with Crippen molar-refractivity contribution in [3.8, 4) is 17.6 Å². The number of hydrogen-bond donors (Lipinski definition) is 0. The van der Waals surface area contributed by atoms with Gasteiger partial charge in [0.15, 0.2) is 0 Å². The number of nitrogens with zero attached hydrogens (tertiary/aromatic N) is 1. The molecule has 28 heavy (non-hydrogen) atoms. The number of hydrogen-bond acceptors (Lipinski definition) is 3. The second kappa shape index (κ2) is 12.8. The molecular formula is C25H31NO2. The first kappa shape index (κ1) is 21.7. The van der Waals surface area contributed by atoms with E-state index in [0.29, 0.717) is 12.2 Å². The van der Waals surface area contributed by atoms with Gasteiger partial charge in [-0.05, 0) is 74.8 Å². The first-order valence-corrected chi connectivity index (χ1v) is 10.3. The van der Waals surface area contributed by atoms with Gasteiger partial charge in [-0.25, -0.2) is 0 Å². The summed E-state index contributed by atoms with van der Waals surface area (Å²) < 4.78 is 5.78. The maximum atomic E-state index is 12.2. The molecule has 0 heterocycles. The Morgan fingerprint density at radius 2 is 1.57 bits per heavy atom. The van der Waals surface area contributed by atoms with Crippen molar-refractivity contribution in [3.05, 3.63) is 65.7 Å². The first-order chi connectivity index (χ1) is 13.7. The van der Waals surface area contributed by atoms with Crippen LogP contribution in [0.2, 0.25) is 0 Å². The SMILES string of the molecule is CCN(CC)CCCCCCOc1ccc(C(=O)C#Cc2ccccc2)cc1. The van der Waals surface area contributed by atoms with Crippen LogP contribution in [0, 0.1) is 11.8 Å². The van der Waals surface area contributed by atoms with Gasteiger partial charge in [-0.3, -0.25) is 4.79 Å². The molecular weight excluding hydrogens is 346 g/mol. The van der Waals surface area contributed by atoms with Crippen LogP contribution >= 0.6 is 0 Å². The van der Waals surface area contributed by atoms with E-state index in [9.17, 15) is 4.79 Å². The molecule has 0 fully saturated rings. The normalized spacial score (nSPS) is 10.4. The highest BCUT2D eigenvalue weighted by Crippen LogP contribution is 2.13. The Balaban J connectivity index is 1.67. The zero-order chi connectivity index (χ0) is 20.0. The van der Waals surface area contributed by atoms with E-state index in [1.54, 1.807) is 12.1 Å². The molecule has 0 saturated carbocycles. The van der Waals surface area contributed by atoms with Gasteiger partial charge in [-0.1, -0.05) is 50.8 Å². The summed E-state index contributed by atoms with van der Waals surface area (Å²) in [5, 5.41) is 0. The van der Waals surface area contributed by atoms with Gasteiger partial charge in [0, 0.05) is 11.1 Å². The monoisotopic (exact) mass is 377 g/mol. The van der Waals surface area contributed by atoms with E-state index in [2.05, 4.69) is 30.6 Å². The second-order valence-corrected chi connectivity index (χ2v) is 6.76. The highest BCUT2D eigenvalue weighted by atomic mass is 16.5. The molecule has 0 unspecified atom stereocenters. The molecule has 0 spiro atoms. The summed E-state index contributed by atoms with van der Waals surface area (Å²) in [5.41, 5.74) is 1.43. The molecule has 0 aliphatic carbocycles. The van der Waals surface area contributed by atoms with Crippen molar-refractivity contribution in [2.24, 2.45) is 0 Å². The molecule has 3 nitrogen and oxygen atoms in total. The van der Waals surface area contributed by atoms with Crippen molar-refractivity contribution in [1.29, 1.82) is 0 Å². The van der Waals surface area contributed by atoms with Crippen LogP contribution in [0.1, 0.15) is 55.5 Å². The van der Waals surface area contributed by atoms with Gasteiger partial charge < -0.3 is 9.64 Å². The molecule has 0 amide bonds. The van der Waals surface area contributed by atoms with Gasteiger partial charge >= 0.3 is 0 Å². The van der Waals surface area contributed by atoms with Crippen molar-refractivity contribution >= 4 is 5.78 Å². The van der Waals surface area contributed by atoms with Crippen LogP contribution in [0.3, 0.4) is 0 Å². The maximum absolute atomic E-state index is 12.2. The van der Waals surface area contributed by atoms with Crippen molar-refractivity contribution < 1.29 is 9.53 Å². The maximum Gasteiger partial charge on any atom is 0.236 e. The third kappa shape index (κ3) is 7.98. The van der Waals surface area contributed by atoms with Gasteiger partial charge in [0.05, 0.1) is 6.61 Å². The van der Waals surface area contributed by atoms with Crippen LogP contribution in [0.5, 0.6) is 5.75 Å². The van der Waals surface area contributed by atoms with E-state index in [1.165, 1.54) is 25.8 Å². The summed E-state index contributed by atoms with van der Waals surface area (Å²) in [6.07, 6.45) is 4.74. The molecule has 0 bridgehead atoms. The van der Waals surface area contributed by atoms with Gasteiger partial charge in [0.1, 0.15) is 5.75 Å². The van der Waals surface area contributed by atoms with Crippen LogP contribution in [0.4, 0.5) is 0 Å². The molecule has 0 radical (unpaired) electrons. The molecule has 2 rings (SSSR count). The molecule has 0 saturated heterocycles. The minimum absolute atomic E-state index is 0.177. The highest BCUT2D eigenvalue weighted by molar-refractivity contribution is 6.09. The zero-order valence-corrected chi connectivity index (χ0v) is 17.1. The van der Waals surface area contributed by atoms with Crippen molar-refractivity contribution in [1.82, 2.24) is 4.90 Å². The predicted molar refractivity (Wildman–Crippen MR) is 116 cm³/mol. The summed E-state index contributed by atoms with van der Waals surface area (Å²) >= 11 is 0. The van der Waals surface area contributed by atoms with E-state index < -0.39 is 0 Å². The van der Waals surface area contributed by atoms with E-state index in [-0.39, 0.29) is 5.78 Å². The van der Waals surface area contributed by atoms with Crippen LogP contribution in [0.15, 0.2) is 54.6 Å². The fraction of sp³-hybridized carbons (Fsp3) is 0.400. The Morgan fingerprint density at radius 1 is 0.893 bits per heavy atom. The minimum Gasteiger partial charge on any atom is -0.494 e. The molecule has 148 valence electrons. The van der Waals surface area contributed by atoms with E-state index in [0.717, 1.165) is 30.8 Å². The van der Waals surface area contributed by atoms with Crippen molar-refractivity contribution in [2.45, 2.75) is 39.5 Å². The first-order valence-electron chi connectivity index (χ1n) is 10.3. The van der Waals surface area contributed by atoms with Gasteiger partial charge in [0.2, 0.25) is 5.78 Å². The molecule has 0 aliphatic rings. The summed E-state index contributed by atoms with van der Waals surface area (Å²) in [5.74, 6) is 6.21. The number of unbranched alkanes of at least 4 members (excludes halogenated alkanes) is 3. The number of benzene rings is 2. The van der Waals surface area contributed by atoms with Crippen LogP contribution in [0.25, 0.3) is 0 Å². The summed E-state index contributed by atoms with van der Waals surface area (Å²) in [6, 6.07) is 16.8. The third-order valence-corrected chi connectivity index (χ3v) is 4.74. The van der Waals surface area contributed by atoms with Crippen molar-refractivity contribution in [2.75, 3.05) is 26.2 Å². The van der Waals surface area contributed by atoms with Gasteiger partial charge in [0.25, 0.3) is 0 Å². The summed E-state index contributed by atoms with van der Waals surface area (Å²) in [4.78, 5) is 14.6. The number of Topliss-reactive ketones (excluding diaryl/α,β-unsaturated/α-hetero) is 1. The standard InChI is InChI=1S/C25H31NO2/c1-3-26(4-2)20-10-5-6-11-21-28-24-17-15-23(16-18-24)25(27)19-14-22-12-8-7-9-13-22/h7-9,12-13,15-18H,3-6,10-11,20-21H2,1-2H3. The van der Waals surface area contributed by atoms with Crippen LogP contribution in [-0.4, -0.2) is 36.9 Å². The fourth-order valence-electron chi connectivity index (χ4n) is 2.95. The Hall–Kier alpha value is -2.57. The fourth-order valence-corrected chi connectivity index (χ4v) is 2.95. The Morgan fingerprint density at radius 3 is 2.25 bits per heavy atom. The van der Waals surface area contributed by atoms with Gasteiger partial charge in [-0.15, -0.1) is 0 Å². The Bertz CT molecular complexity index is 753. The largest absolute Gasteiger partial charge is 0.494 e. The van der Waals surface area contributed by atoms with E-state index >= 15 is 0 Å². The average Bonchev–Trinajstić information content (AvgIpc) is 2.75. The quantitative estimate of drug-likeness (QED) is 0.306. The zero-order valence-electron chi connectivity index (χ0n) is 17.1. The van der Waals surface area contributed by atoms with E-state index in [4.69, 9.17) is 4.74 Å². The van der Waals surface area contributed by atoms with E-state index in [1.807, 2.05) is 42.5 Å². The summed E-state index contributed by atoms with van der Waals surface area (Å²) in [7, 11) is 0. The lowest BCUT2D eigenvalue weighted by atomic mass is 10.1. The number of carbonyl (C=O) groups excluding carboxylic acids is 1. The smallest absolute Gasteiger partial charge is 0.236 e. The number of carbonyl (C=O) groups is 1. The third-order valence-electron chi connectivity index (χ3n) is 4.74. The second-order valence-electron chi connectivity index (χ2n) is 6.76. The predicted octanol–water partition coefficient (Wildman–Crippen LogP) is 5.20. The van der Waals surface area contributed by atoms with Crippen LogP contribution < -0.4 is 4.74 Å². The topological polar surface area (TPSA) is 29.5 Å². The molecule has 3 heteroatoms. The molecule has 0 atom stereocenters. The molecule has 0 aliphatic heterocycles. The molecule has 0 aromatic heterocycles. The average molecular weight is 378 g/mol. The minimum atomic E-state index is -0.177. The van der Waals surface area contributed by atoms with Crippen LogP contribution in [-0.2, 0) is 0 Å². The Labute approximate surface area is 169 Å². The molecule has 2 aromatic rings. The lowest BCUT2D eigenvalue weighted by Gasteiger charge is -2.17. The van der Waals surface area contributed by atoms with Gasteiger partial charge in [-0.2, -0.15) is 0 Å². The number of rotatable bonds is 11. The van der Waals surface area contributed by atoms with Crippen molar-refractivity contribution in [3.63, 3.8) is 0 Å². The summed E-state index contributed by atoms with van der Waals surface area (Å²) in [6.45, 7) is 8.60. The number of ketones is 1.